The summed E-state index contributed by atoms with van der Waals surface area (Å²) in [5.74, 6) is 1.71. The van der Waals surface area contributed by atoms with E-state index < -0.39 is 0 Å². The van der Waals surface area contributed by atoms with Crippen LogP contribution in [-0.4, -0.2) is 25.9 Å². The van der Waals surface area contributed by atoms with E-state index in [4.69, 9.17) is 9.47 Å². The van der Waals surface area contributed by atoms with Crippen LogP contribution in [0.15, 0.2) is 24.3 Å². The first-order valence-electron chi connectivity index (χ1n) is 7.57. The van der Waals surface area contributed by atoms with Crippen molar-refractivity contribution in [2.45, 2.75) is 45.3 Å². The summed E-state index contributed by atoms with van der Waals surface area (Å²) >= 11 is 0. The summed E-state index contributed by atoms with van der Waals surface area (Å²) in [5.41, 5.74) is 1.37. The van der Waals surface area contributed by atoms with Gasteiger partial charge in [0.15, 0.2) is 0 Å². The van der Waals surface area contributed by atoms with Gasteiger partial charge in [-0.25, -0.2) is 0 Å². The van der Waals surface area contributed by atoms with Crippen molar-refractivity contribution in [1.29, 1.82) is 0 Å². The van der Waals surface area contributed by atoms with Crippen molar-refractivity contribution in [2.75, 3.05) is 20.3 Å². The van der Waals surface area contributed by atoms with Crippen LogP contribution in [0.5, 0.6) is 5.75 Å². The maximum atomic E-state index is 5.76. The topological polar surface area (TPSA) is 30.5 Å². The fourth-order valence-electron chi connectivity index (χ4n) is 2.89. The second-order valence-electron chi connectivity index (χ2n) is 6.28. The Labute approximate surface area is 122 Å². The summed E-state index contributed by atoms with van der Waals surface area (Å²) in [6.07, 6.45) is 3.62. The van der Waals surface area contributed by atoms with Crippen molar-refractivity contribution < 1.29 is 9.47 Å². The van der Waals surface area contributed by atoms with Crippen LogP contribution in [0.25, 0.3) is 0 Å². The third-order valence-electron chi connectivity index (χ3n) is 4.02. The molecule has 1 aliphatic heterocycles. The number of rotatable bonds is 6. The zero-order valence-corrected chi connectivity index (χ0v) is 12.9. The van der Waals surface area contributed by atoms with Crippen molar-refractivity contribution in [3.63, 3.8) is 0 Å². The van der Waals surface area contributed by atoms with Crippen molar-refractivity contribution in [3.05, 3.63) is 29.8 Å². The van der Waals surface area contributed by atoms with E-state index in [2.05, 4.69) is 31.3 Å². The Hall–Kier alpha value is -1.06. The Balaban J connectivity index is 1.65. The average Bonchev–Trinajstić information content (AvgIpc) is 2.43. The van der Waals surface area contributed by atoms with Gasteiger partial charge in [-0.2, -0.15) is 0 Å². The molecular formula is C17H27NO2. The predicted octanol–water partition coefficient (Wildman–Crippen LogP) is 3.38. The number of benzene rings is 1. The summed E-state index contributed by atoms with van der Waals surface area (Å²) < 4.78 is 10.9. The van der Waals surface area contributed by atoms with Crippen LogP contribution in [0, 0.1) is 5.92 Å². The molecule has 0 aliphatic carbocycles. The maximum Gasteiger partial charge on any atom is 0.118 e. The van der Waals surface area contributed by atoms with Gasteiger partial charge in [-0.1, -0.05) is 12.1 Å². The lowest BCUT2D eigenvalue weighted by atomic mass is 9.86. The zero-order chi connectivity index (χ0) is 14.4. The van der Waals surface area contributed by atoms with Crippen LogP contribution >= 0.6 is 0 Å². The lowest BCUT2D eigenvalue weighted by Gasteiger charge is -2.35. The third-order valence-corrected chi connectivity index (χ3v) is 4.02. The highest BCUT2D eigenvalue weighted by Gasteiger charge is 2.28. The molecule has 0 bridgehead atoms. The third kappa shape index (κ3) is 4.80. The highest BCUT2D eigenvalue weighted by atomic mass is 16.5. The fraction of sp³-hybridized carbons (Fsp3) is 0.647. The Morgan fingerprint density at radius 2 is 2.05 bits per heavy atom. The molecule has 1 aromatic carbocycles. The minimum absolute atomic E-state index is 0.0684. The normalized spacial score (nSPS) is 21.6. The molecule has 1 atom stereocenters. The van der Waals surface area contributed by atoms with Gasteiger partial charge in [-0.15, -0.1) is 0 Å². The van der Waals surface area contributed by atoms with E-state index in [1.54, 1.807) is 7.11 Å². The molecule has 3 heteroatoms. The van der Waals surface area contributed by atoms with E-state index in [1.165, 1.54) is 24.8 Å². The molecule has 1 saturated heterocycles. The van der Waals surface area contributed by atoms with Gasteiger partial charge in [0.25, 0.3) is 0 Å². The number of hydrogen-bond acceptors (Lipinski definition) is 3. The molecule has 3 nitrogen and oxygen atoms in total. The molecule has 1 fully saturated rings. The SMILES string of the molecule is COc1ccc(CNCCC2CCOC(C)(C)C2)cc1. The van der Waals surface area contributed by atoms with Crippen LogP contribution in [-0.2, 0) is 11.3 Å². The molecular weight excluding hydrogens is 250 g/mol. The van der Waals surface area contributed by atoms with Crippen LogP contribution in [0.1, 0.15) is 38.7 Å². The molecule has 1 heterocycles. The molecule has 1 unspecified atom stereocenters. The number of nitrogens with one attached hydrogen (secondary N) is 1. The van der Waals surface area contributed by atoms with Crippen LogP contribution in [0.2, 0.25) is 0 Å². The van der Waals surface area contributed by atoms with Gasteiger partial charge in [0.05, 0.1) is 12.7 Å². The van der Waals surface area contributed by atoms with Crippen LogP contribution in [0.4, 0.5) is 0 Å². The first-order valence-corrected chi connectivity index (χ1v) is 7.57. The summed E-state index contributed by atoms with van der Waals surface area (Å²) in [6, 6.07) is 8.25. The molecule has 20 heavy (non-hydrogen) atoms. The second kappa shape index (κ2) is 7.09. The Morgan fingerprint density at radius 1 is 1.30 bits per heavy atom. The predicted molar refractivity (Wildman–Crippen MR) is 82.1 cm³/mol. The summed E-state index contributed by atoms with van der Waals surface area (Å²) in [5, 5.41) is 3.53. The molecule has 1 N–H and O–H groups in total. The van der Waals surface area contributed by atoms with Gasteiger partial charge in [-0.05, 0) is 63.3 Å². The first kappa shape index (κ1) is 15.3. The quantitative estimate of drug-likeness (QED) is 0.809. The smallest absolute Gasteiger partial charge is 0.118 e. The van der Waals surface area contributed by atoms with Crippen molar-refractivity contribution in [2.24, 2.45) is 5.92 Å². The second-order valence-corrected chi connectivity index (χ2v) is 6.28. The largest absolute Gasteiger partial charge is 0.497 e. The van der Waals surface area contributed by atoms with E-state index >= 15 is 0 Å². The van der Waals surface area contributed by atoms with Crippen LogP contribution in [0.3, 0.4) is 0 Å². The Bertz CT molecular complexity index is 400. The van der Waals surface area contributed by atoms with Crippen LogP contribution < -0.4 is 10.1 Å². The van der Waals surface area contributed by atoms with Crippen molar-refractivity contribution >= 4 is 0 Å². The molecule has 0 amide bonds. The molecule has 1 aromatic rings. The zero-order valence-electron chi connectivity index (χ0n) is 12.9. The minimum atomic E-state index is 0.0684. The first-order chi connectivity index (χ1) is 9.59. The lowest BCUT2D eigenvalue weighted by molar-refractivity contribution is -0.0733. The molecule has 0 radical (unpaired) electrons. The molecule has 112 valence electrons. The van der Waals surface area contributed by atoms with E-state index in [9.17, 15) is 0 Å². The Kier molecular flexibility index (Phi) is 5.44. The van der Waals surface area contributed by atoms with Gasteiger partial charge >= 0.3 is 0 Å². The number of hydrogen-bond donors (Lipinski definition) is 1. The Morgan fingerprint density at radius 3 is 2.70 bits per heavy atom. The van der Waals surface area contributed by atoms with Gasteiger partial charge in [0, 0.05) is 13.2 Å². The van der Waals surface area contributed by atoms with E-state index in [0.29, 0.717) is 0 Å². The minimum Gasteiger partial charge on any atom is -0.497 e. The van der Waals surface area contributed by atoms with E-state index in [-0.39, 0.29) is 5.60 Å². The number of methoxy groups -OCH3 is 1. The van der Waals surface area contributed by atoms with Gasteiger partial charge in [0.1, 0.15) is 5.75 Å². The highest BCUT2D eigenvalue weighted by molar-refractivity contribution is 5.26. The molecule has 0 saturated carbocycles. The highest BCUT2D eigenvalue weighted by Crippen LogP contribution is 2.30. The van der Waals surface area contributed by atoms with Gasteiger partial charge in [0.2, 0.25) is 0 Å². The lowest BCUT2D eigenvalue weighted by Crippen LogP contribution is -2.35. The maximum absolute atomic E-state index is 5.76. The summed E-state index contributed by atoms with van der Waals surface area (Å²) in [4.78, 5) is 0. The monoisotopic (exact) mass is 277 g/mol. The van der Waals surface area contributed by atoms with Gasteiger partial charge in [-0.3, -0.25) is 0 Å². The fourth-order valence-corrected chi connectivity index (χ4v) is 2.89. The standard InChI is InChI=1S/C17H27NO2/c1-17(2)12-14(9-11-20-17)8-10-18-13-15-4-6-16(19-3)7-5-15/h4-7,14,18H,8-13H2,1-3H3. The van der Waals surface area contributed by atoms with Crippen molar-refractivity contribution in [3.8, 4) is 5.75 Å². The van der Waals surface area contributed by atoms with E-state index in [0.717, 1.165) is 31.4 Å². The van der Waals surface area contributed by atoms with Gasteiger partial charge < -0.3 is 14.8 Å². The summed E-state index contributed by atoms with van der Waals surface area (Å²) in [7, 11) is 1.70. The summed E-state index contributed by atoms with van der Waals surface area (Å²) in [6.45, 7) is 7.31. The molecule has 0 spiro atoms. The average molecular weight is 277 g/mol. The molecule has 0 aromatic heterocycles. The van der Waals surface area contributed by atoms with Crippen molar-refractivity contribution in [1.82, 2.24) is 5.32 Å². The van der Waals surface area contributed by atoms with E-state index in [1.807, 2.05) is 12.1 Å². The molecule has 1 aliphatic rings. The molecule has 2 rings (SSSR count). The number of ether oxygens (including phenoxy) is 2.